The van der Waals surface area contributed by atoms with Gasteiger partial charge in [-0.25, -0.2) is 8.78 Å². The van der Waals surface area contributed by atoms with Crippen molar-refractivity contribution in [2.75, 3.05) is 0 Å². The molecule has 0 bridgehead atoms. The van der Waals surface area contributed by atoms with Gasteiger partial charge in [-0.3, -0.25) is 0 Å². The minimum Gasteiger partial charge on any atom is -0.207 e. The zero-order chi connectivity index (χ0) is 12.5. The smallest absolute Gasteiger partial charge is 0.130 e. The van der Waals surface area contributed by atoms with Gasteiger partial charge in [0.05, 0.1) is 0 Å². The molecule has 0 spiro atoms. The second kappa shape index (κ2) is 4.59. The molecular formula is C15H18F2. The Labute approximate surface area is 101 Å². The summed E-state index contributed by atoms with van der Waals surface area (Å²) < 4.78 is 27.0. The molecular weight excluding hydrogens is 218 g/mol. The van der Waals surface area contributed by atoms with Crippen LogP contribution in [0.5, 0.6) is 0 Å². The maximum Gasteiger partial charge on any atom is 0.130 e. The molecule has 0 aromatic heterocycles. The van der Waals surface area contributed by atoms with Crippen molar-refractivity contribution < 1.29 is 8.78 Å². The highest BCUT2D eigenvalue weighted by atomic mass is 19.1. The quantitative estimate of drug-likeness (QED) is 0.650. The molecule has 0 radical (unpaired) electrons. The molecule has 0 N–H and O–H groups in total. The van der Waals surface area contributed by atoms with Gasteiger partial charge < -0.3 is 0 Å². The highest BCUT2D eigenvalue weighted by Crippen LogP contribution is 2.47. The summed E-state index contributed by atoms with van der Waals surface area (Å²) in [7, 11) is 0. The van der Waals surface area contributed by atoms with E-state index in [0.717, 1.165) is 31.7 Å². The molecule has 0 unspecified atom stereocenters. The third kappa shape index (κ3) is 2.01. The Morgan fingerprint density at radius 3 is 2.41 bits per heavy atom. The molecule has 17 heavy (non-hydrogen) atoms. The fourth-order valence-corrected chi connectivity index (χ4v) is 3.01. The summed E-state index contributed by atoms with van der Waals surface area (Å²) in [5.74, 6) is -0.911. The van der Waals surface area contributed by atoms with Gasteiger partial charge in [0.1, 0.15) is 11.6 Å². The van der Waals surface area contributed by atoms with Crippen LogP contribution in [0.4, 0.5) is 8.78 Å². The van der Waals surface area contributed by atoms with Gasteiger partial charge in [-0.15, -0.1) is 0 Å². The van der Waals surface area contributed by atoms with Crippen LogP contribution in [0.3, 0.4) is 0 Å². The van der Waals surface area contributed by atoms with Crippen molar-refractivity contribution in [2.45, 2.75) is 44.9 Å². The fraction of sp³-hybridized carbons (Fsp3) is 0.467. The standard InChI is InChI=1S/C15H18F2/c1-3-11(2)15(8-4-5-9-15)13-7-6-12(16)10-14(13)17/h3,6-7,10H,4-5,8-9H2,1-2H3/b11-3+. The zero-order valence-electron chi connectivity index (χ0n) is 10.4. The van der Waals surface area contributed by atoms with Crippen molar-refractivity contribution in [3.63, 3.8) is 0 Å². The van der Waals surface area contributed by atoms with Crippen molar-refractivity contribution in [1.82, 2.24) is 0 Å². The molecule has 1 aliphatic rings. The van der Waals surface area contributed by atoms with Crippen molar-refractivity contribution in [1.29, 1.82) is 0 Å². The Morgan fingerprint density at radius 2 is 1.88 bits per heavy atom. The number of allylic oxidation sites excluding steroid dienone is 2. The summed E-state index contributed by atoms with van der Waals surface area (Å²) in [6.07, 6.45) is 6.20. The summed E-state index contributed by atoms with van der Waals surface area (Å²) in [5.41, 5.74) is 1.65. The lowest BCUT2D eigenvalue weighted by Gasteiger charge is -2.31. The molecule has 2 heteroatoms. The number of halogens is 2. The van der Waals surface area contributed by atoms with Crippen LogP contribution in [-0.4, -0.2) is 0 Å². The van der Waals surface area contributed by atoms with Crippen LogP contribution in [0.1, 0.15) is 45.1 Å². The van der Waals surface area contributed by atoms with Gasteiger partial charge in [0, 0.05) is 11.5 Å². The van der Waals surface area contributed by atoms with E-state index >= 15 is 0 Å². The Morgan fingerprint density at radius 1 is 1.24 bits per heavy atom. The first-order valence-electron chi connectivity index (χ1n) is 6.19. The maximum atomic E-state index is 14.0. The van der Waals surface area contributed by atoms with Crippen LogP contribution in [-0.2, 0) is 5.41 Å². The van der Waals surface area contributed by atoms with Crippen molar-refractivity contribution in [3.05, 3.63) is 47.0 Å². The predicted molar refractivity (Wildman–Crippen MR) is 65.9 cm³/mol. The monoisotopic (exact) mass is 236 g/mol. The molecule has 0 atom stereocenters. The molecule has 1 aromatic carbocycles. The molecule has 1 aliphatic carbocycles. The molecule has 1 aromatic rings. The summed E-state index contributed by atoms with van der Waals surface area (Å²) in [4.78, 5) is 0. The highest BCUT2D eigenvalue weighted by Gasteiger charge is 2.38. The average molecular weight is 236 g/mol. The largest absolute Gasteiger partial charge is 0.207 e. The number of rotatable bonds is 2. The second-order valence-corrected chi connectivity index (χ2v) is 4.89. The maximum absolute atomic E-state index is 14.0. The van der Waals surface area contributed by atoms with Crippen LogP contribution in [0.25, 0.3) is 0 Å². The van der Waals surface area contributed by atoms with Gasteiger partial charge in [-0.05, 0) is 38.3 Å². The van der Waals surface area contributed by atoms with E-state index in [-0.39, 0.29) is 5.41 Å². The van der Waals surface area contributed by atoms with E-state index in [1.807, 2.05) is 19.9 Å². The number of benzene rings is 1. The van der Waals surface area contributed by atoms with Crippen LogP contribution in [0.2, 0.25) is 0 Å². The van der Waals surface area contributed by atoms with E-state index in [1.165, 1.54) is 11.6 Å². The minimum atomic E-state index is -0.502. The molecule has 0 saturated heterocycles. The van der Waals surface area contributed by atoms with Crippen molar-refractivity contribution in [3.8, 4) is 0 Å². The van der Waals surface area contributed by atoms with Gasteiger partial charge in [-0.1, -0.05) is 30.6 Å². The minimum absolute atomic E-state index is 0.202. The first-order chi connectivity index (χ1) is 8.10. The lowest BCUT2D eigenvalue weighted by Crippen LogP contribution is -2.25. The highest BCUT2D eigenvalue weighted by molar-refractivity contribution is 5.38. The Kier molecular flexibility index (Phi) is 3.32. The van der Waals surface area contributed by atoms with Gasteiger partial charge in [0.25, 0.3) is 0 Å². The van der Waals surface area contributed by atoms with Crippen LogP contribution in [0.15, 0.2) is 29.8 Å². The third-order valence-corrected chi connectivity index (χ3v) is 4.09. The lowest BCUT2D eigenvalue weighted by molar-refractivity contribution is 0.474. The molecule has 0 amide bonds. The Hall–Kier alpha value is -1.18. The fourth-order valence-electron chi connectivity index (χ4n) is 3.01. The first kappa shape index (κ1) is 12.3. The molecule has 2 rings (SSSR count). The van der Waals surface area contributed by atoms with E-state index in [0.29, 0.717) is 5.56 Å². The van der Waals surface area contributed by atoms with Crippen LogP contribution in [0, 0.1) is 11.6 Å². The van der Waals surface area contributed by atoms with Crippen molar-refractivity contribution >= 4 is 0 Å². The van der Waals surface area contributed by atoms with E-state index in [2.05, 4.69) is 0 Å². The van der Waals surface area contributed by atoms with Crippen LogP contribution >= 0.6 is 0 Å². The van der Waals surface area contributed by atoms with Crippen molar-refractivity contribution in [2.24, 2.45) is 0 Å². The third-order valence-electron chi connectivity index (χ3n) is 4.09. The van der Waals surface area contributed by atoms with Gasteiger partial charge >= 0.3 is 0 Å². The first-order valence-corrected chi connectivity index (χ1v) is 6.19. The van der Waals surface area contributed by atoms with E-state index in [1.54, 1.807) is 6.07 Å². The average Bonchev–Trinajstić information content (AvgIpc) is 2.78. The van der Waals surface area contributed by atoms with Gasteiger partial charge in [0.2, 0.25) is 0 Å². The van der Waals surface area contributed by atoms with E-state index in [4.69, 9.17) is 0 Å². The summed E-state index contributed by atoms with van der Waals surface area (Å²) >= 11 is 0. The summed E-state index contributed by atoms with van der Waals surface area (Å²) in [6, 6.07) is 3.97. The number of hydrogen-bond donors (Lipinski definition) is 0. The topological polar surface area (TPSA) is 0 Å². The Balaban J connectivity index is 2.54. The molecule has 1 saturated carbocycles. The zero-order valence-corrected chi connectivity index (χ0v) is 10.4. The Bertz CT molecular complexity index is 440. The molecule has 92 valence electrons. The SMILES string of the molecule is C/C=C(\C)C1(c2ccc(F)cc2F)CCCC1. The molecule has 1 fully saturated rings. The van der Waals surface area contributed by atoms with E-state index in [9.17, 15) is 8.78 Å². The predicted octanol–water partition coefficient (Wildman–Crippen LogP) is 4.74. The van der Waals surface area contributed by atoms with Gasteiger partial charge in [0.15, 0.2) is 0 Å². The molecule has 0 aliphatic heterocycles. The van der Waals surface area contributed by atoms with Crippen LogP contribution < -0.4 is 0 Å². The summed E-state index contributed by atoms with van der Waals surface area (Å²) in [5, 5.41) is 0. The number of hydrogen-bond acceptors (Lipinski definition) is 0. The summed E-state index contributed by atoms with van der Waals surface area (Å²) in [6.45, 7) is 4.03. The lowest BCUT2D eigenvalue weighted by atomic mass is 9.73. The normalized spacial score (nSPS) is 19.6. The molecule has 0 heterocycles. The molecule has 0 nitrogen and oxygen atoms in total. The van der Waals surface area contributed by atoms with Gasteiger partial charge in [-0.2, -0.15) is 0 Å². The van der Waals surface area contributed by atoms with E-state index < -0.39 is 11.6 Å². The second-order valence-electron chi connectivity index (χ2n) is 4.89.